The van der Waals surface area contributed by atoms with Crippen molar-refractivity contribution >= 4 is 37.7 Å². The SMILES string of the molecule is C1CCC2OCCOCCOCCOCCOC2C1.NC1CC(N)CC(C([O-])[O-])C1.[Ca+2].[O-]C([O-])C1CC(N(O)O)CC(N(O)O)C1. The van der Waals surface area contributed by atoms with Gasteiger partial charge in [-0.25, -0.2) is 12.6 Å². The van der Waals surface area contributed by atoms with Crippen LogP contribution < -0.4 is 31.9 Å². The number of fused-ring (bicyclic) bond motifs is 1. The molecule has 0 spiro atoms. The molecule has 46 heavy (non-hydrogen) atoms. The monoisotopic (exact) mass is 694 g/mol. The van der Waals surface area contributed by atoms with Crippen molar-refractivity contribution in [3.8, 4) is 0 Å². The molecule has 0 aromatic carbocycles. The van der Waals surface area contributed by atoms with E-state index in [0.29, 0.717) is 65.7 Å². The van der Waals surface area contributed by atoms with Crippen LogP contribution in [-0.2, 0) is 23.7 Å². The zero-order chi connectivity index (χ0) is 33.2. The predicted octanol–water partition coefficient (Wildman–Crippen LogP) is -3.77. The average molecular weight is 695 g/mol. The molecule has 1 heterocycles. The Morgan fingerprint density at radius 2 is 0.870 bits per heavy atom. The third-order valence-electron chi connectivity index (χ3n) is 8.44. The van der Waals surface area contributed by atoms with Gasteiger partial charge in [-0.3, -0.25) is 20.8 Å². The molecule has 4 rings (SSSR count). The van der Waals surface area contributed by atoms with E-state index in [0.717, 1.165) is 19.3 Å². The normalized spacial score (nSPS) is 33.8. The summed E-state index contributed by atoms with van der Waals surface area (Å²) in [6.45, 7) is 5.01. The number of ether oxygens (including phenoxy) is 5. The molecule has 4 fully saturated rings. The number of nitrogens with two attached hydrogens (primary N) is 2. The smallest absolute Gasteiger partial charge is 0.865 e. The van der Waals surface area contributed by atoms with Gasteiger partial charge in [-0.15, -0.1) is 0 Å². The zero-order valence-electron chi connectivity index (χ0n) is 26.7. The fourth-order valence-electron chi connectivity index (χ4n) is 6.08. The van der Waals surface area contributed by atoms with Crippen LogP contribution >= 0.6 is 0 Å². The minimum absolute atomic E-state index is 0. The Kier molecular flexibility index (Phi) is 24.7. The summed E-state index contributed by atoms with van der Waals surface area (Å²) in [5.74, 6) is -1.20. The van der Waals surface area contributed by atoms with Crippen LogP contribution in [0.25, 0.3) is 0 Å². The first-order valence-corrected chi connectivity index (χ1v) is 15.9. The third kappa shape index (κ3) is 18.5. The molecule has 0 bridgehead atoms. The van der Waals surface area contributed by atoms with E-state index in [1.165, 1.54) is 12.8 Å². The molecule has 6 unspecified atom stereocenters. The Bertz CT molecular complexity index is 678. The van der Waals surface area contributed by atoms with E-state index in [-0.39, 0.29) is 97.7 Å². The van der Waals surface area contributed by atoms with Gasteiger partial charge in [0.1, 0.15) is 0 Å². The van der Waals surface area contributed by atoms with Gasteiger partial charge in [0.25, 0.3) is 0 Å². The summed E-state index contributed by atoms with van der Waals surface area (Å²) in [4.78, 5) is 0. The van der Waals surface area contributed by atoms with Gasteiger partial charge in [-0.1, -0.05) is 35.1 Å². The summed E-state index contributed by atoms with van der Waals surface area (Å²) in [5.41, 5.74) is 11.2. The van der Waals surface area contributed by atoms with Crippen molar-refractivity contribution in [2.45, 2.75) is 113 Å². The van der Waals surface area contributed by atoms with E-state index in [2.05, 4.69) is 0 Å². The van der Waals surface area contributed by atoms with E-state index in [9.17, 15) is 20.4 Å². The first kappa shape index (κ1) is 44.6. The molecule has 1 saturated heterocycles. The van der Waals surface area contributed by atoms with Crippen LogP contribution in [0.1, 0.15) is 64.2 Å². The molecule has 3 saturated carbocycles. The molecule has 18 heteroatoms. The van der Waals surface area contributed by atoms with E-state index in [1.807, 2.05) is 0 Å². The van der Waals surface area contributed by atoms with Gasteiger partial charge in [0, 0.05) is 12.1 Å². The Hall–Kier alpha value is 0.580. The van der Waals surface area contributed by atoms with Gasteiger partial charge in [-0.05, 0) is 51.4 Å². The summed E-state index contributed by atoms with van der Waals surface area (Å²) in [5, 5.41) is 77.3. The maximum Gasteiger partial charge on any atom is 2.00 e. The zero-order valence-corrected chi connectivity index (χ0v) is 28.9. The second-order valence-corrected chi connectivity index (χ2v) is 12.1. The van der Waals surface area contributed by atoms with E-state index >= 15 is 0 Å². The first-order valence-electron chi connectivity index (χ1n) is 15.9. The number of nitrogens with zero attached hydrogens (tertiary/aromatic N) is 2. The number of rotatable bonds is 4. The quantitative estimate of drug-likeness (QED) is 0.0936. The Balaban J connectivity index is 0.000000354. The van der Waals surface area contributed by atoms with Gasteiger partial charge in [-0.2, -0.15) is 0 Å². The van der Waals surface area contributed by atoms with Crippen molar-refractivity contribution in [2.24, 2.45) is 23.3 Å². The van der Waals surface area contributed by atoms with Gasteiger partial charge in [0.15, 0.2) is 0 Å². The summed E-state index contributed by atoms with van der Waals surface area (Å²) in [6, 6.07) is -1.76. The molecule has 8 N–H and O–H groups in total. The Labute approximate surface area is 301 Å². The van der Waals surface area contributed by atoms with Crippen LogP contribution in [0, 0.1) is 11.8 Å². The maximum atomic E-state index is 10.7. The van der Waals surface area contributed by atoms with Gasteiger partial charge in [0.05, 0.1) is 77.1 Å². The number of hydrogen-bond acceptors (Lipinski definition) is 17. The molecule has 268 valence electrons. The summed E-state index contributed by atoms with van der Waals surface area (Å²) < 4.78 is 28.1. The van der Waals surface area contributed by atoms with E-state index in [4.69, 9.17) is 56.0 Å². The van der Waals surface area contributed by atoms with Gasteiger partial charge in [0.2, 0.25) is 0 Å². The van der Waals surface area contributed by atoms with Crippen molar-refractivity contribution < 1.29 is 64.9 Å². The fraction of sp³-hybridized carbons (Fsp3) is 1.00. The average Bonchev–Trinajstić information content (AvgIpc) is 3.00. The standard InChI is InChI=1S/C14H26O5.C7H14N2O6.C7H14N2O2.Ca/c1-2-4-14-13(3-1)18-11-9-16-7-5-15-6-8-17-10-12-19-14;10-7(11)4-1-5(8(12)13)3-6(2-4)9(14)15;8-5-1-4(7(10)11)2-6(9)3-5;/h13-14H,1-12H2;4-7,12-15H,1-3H2;4-7H,1-3,8-9H2;/q;2*-2;+2. The molecule has 3 aliphatic carbocycles. The summed E-state index contributed by atoms with van der Waals surface area (Å²) in [6.07, 6.45) is 3.18. The topological polar surface area (TPSA) is 278 Å². The van der Waals surface area contributed by atoms with E-state index < -0.39 is 30.6 Å². The number of hydroxylamine groups is 4. The van der Waals surface area contributed by atoms with Crippen molar-refractivity contribution in [2.75, 3.05) is 52.9 Å². The molecule has 0 aromatic heterocycles. The largest absolute Gasteiger partial charge is 2.00 e. The molecule has 0 aromatic rings. The minimum atomic E-state index is -2.12. The van der Waals surface area contributed by atoms with Gasteiger partial charge >= 0.3 is 37.7 Å². The molecule has 0 amide bonds. The van der Waals surface area contributed by atoms with Crippen molar-refractivity contribution in [1.82, 2.24) is 10.5 Å². The first-order chi connectivity index (χ1) is 21.5. The third-order valence-corrected chi connectivity index (χ3v) is 8.44. The van der Waals surface area contributed by atoms with Crippen molar-refractivity contribution in [3.63, 3.8) is 0 Å². The van der Waals surface area contributed by atoms with Crippen molar-refractivity contribution in [1.29, 1.82) is 0 Å². The molecule has 1 aliphatic heterocycles. The maximum absolute atomic E-state index is 10.7. The fourth-order valence-corrected chi connectivity index (χ4v) is 6.08. The molecular formula is C28H54CaN4O13-2. The minimum Gasteiger partial charge on any atom is -0.865 e. The summed E-state index contributed by atoms with van der Waals surface area (Å²) in [7, 11) is 0. The molecular weight excluding hydrogens is 640 g/mol. The molecule has 4 aliphatic rings. The Morgan fingerprint density at radius 1 is 0.522 bits per heavy atom. The van der Waals surface area contributed by atoms with Crippen molar-refractivity contribution in [3.05, 3.63) is 0 Å². The second-order valence-electron chi connectivity index (χ2n) is 12.1. The van der Waals surface area contributed by atoms with Crippen LogP contribution in [0.2, 0.25) is 0 Å². The number of hydrogen-bond donors (Lipinski definition) is 6. The van der Waals surface area contributed by atoms with Crippen LogP contribution in [0.3, 0.4) is 0 Å². The van der Waals surface area contributed by atoms with Crippen LogP contribution in [-0.4, -0.2) is 171 Å². The molecule has 6 atom stereocenters. The molecule has 17 nitrogen and oxygen atoms in total. The van der Waals surface area contributed by atoms with Crippen LogP contribution in [0.4, 0.5) is 0 Å². The predicted molar refractivity (Wildman–Crippen MR) is 153 cm³/mol. The van der Waals surface area contributed by atoms with E-state index in [1.54, 1.807) is 0 Å². The van der Waals surface area contributed by atoms with Crippen LogP contribution in [0.15, 0.2) is 0 Å². The summed E-state index contributed by atoms with van der Waals surface area (Å²) >= 11 is 0. The van der Waals surface area contributed by atoms with Crippen LogP contribution in [0.5, 0.6) is 0 Å². The second kappa shape index (κ2) is 25.5. The molecule has 0 radical (unpaired) electrons. The Morgan fingerprint density at radius 3 is 1.22 bits per heavy atom. The van der Waals surface area contributed by atoms with Gasteiger partial charge < -0.3 is 55.6 Å².